The van der Waals surface area contributed by atoms with Crippen LogP contribution in [0, 0.1) is 12.8 Å². The number of hydrogen-bond acceptors (Lipinski definition) is 6. The van der Waals surface area contributed by atoms with Crippen LogP contribution in [0.1, 0.15) is 31.2 Å². The maximum atomic E-state index is 12.6. The summed E-state index contributed by atoms with van der Waals surface area (Å²) in [5.41, 5.74) is 1.79. The fourth-order valence-electron chi connectivity index (χ4n) is 3.89. The Hall–Kier alpha value is -2.81. The van der Waals surface area contributed by atoms with Crippen LogP contribution in [0.5, 0.6) is 0 Å². The van der Waals surface area contributed by atoms with Gasteiger partial charge in [0.25, 0.3) is 0 Å². The largest absolute Gasteiger partial charge is 0.352 e. The van der Waals surface area contributed by atoms with Crippen molar-refractivity contribution in [1.29, 1.82) is 0 Å². The Morgan fingerprint density at radius 2 is 1.93 bits per heavy atom. The second kappa shape index (κ2) is 9.80. The normalized spacial score (nSPS) is 19.9. The SMILES string of the molecule is CCN(C)C(=O)[C@@H]1CC[C@H](NC(=O)Cc2ccc(-n3nnnc3C)cc2)CN(C)C1. The summed E-state index contributed by atoms with van der Waals surface area (Å²) in [5.74, 6) is 0.883. The number of amides is 2. The summed E-state index contributed by atoms with van der Waals surface area (Å²) in [4.78, 5) is 29.0. The number of nitrogens with one attached hydrogen (secondary N) is 1. The molecule has 1 N–H and O–H groups in total. The molecular weight excluding hydrogens is 382 g/mol. The molecule has 30 heavy (non-hydrogen) atoms. The summed E-state index contributed by atoms with van der Waals surface area (Å²) >= 11 is 0. The standard InChI is InChI=1S/C21H31N7O2/c1-5-27(4)21(30)17-8-9-18(14-26(3)13-17)22-20(29)12-16-6-10-19(11-7-16)28-15(2)23-24-25-28/h6-7,10-11,17-18H,5,8-9,12-14H2,1-4H3,(H,22,29)/t17-,18+/m1/s1. The fourth-order valence-corrected chi connectivity index (χ4v) is 3.89. The number of hydrogen-bond donors (Lipinski definition) is 1. The van der Waals surface area contributed by atoms with Crippen LogP contribution in [-0.4, -0.2) is 81.6 Å². The van der Waals surface area contributed by atoms with Gasteiger partial charge in [0.15, 0.2) is 5.82 Å². The van der Waals surface area contributed by atoms with Crippen molar-refractivity contribution in [2.45, 2.75) is 39.2 Å². The van der Waals surface area contributed by atoms with Gasteiger partial charge in [-0.1, -0.05) is 12.1 Å². The van der Waals surface area contributed by atoms with E-state index in [1.54, 1.807) is 9.58 Å². The van der Waals surface area contributed by atoms with Crippen molar-refractivity contribution >= 4 is 11.8 Å². The predicted octanol–water partition coefficient (Wildman–Crippen LogP) is 0.818. The summed E-state index contributed by atoms with van der Waals surface area (Å²) < 4.78 is 1.65. The van der Waals surface area contributed by atoms with Gasteiger partial charge in [0.1, 0.15) is 0 Å². The summed E-state index contributed by atoms with van der Waals surface area (Å²) in [5, 5.41) is 14.6. The molecule has 1 saturated heterocycles. The van der Waals surface area contributed by atoms with Crippen molar-refractivity contribution in [1.82, 2.24) is 35.3 Å². The second-order valence-corrected chi connectivity index (χ2v) is 8.09. The first-order valence-corrected chi connectivity index (χ1v) is 10.4. The molecule has 1 aliphatic rings. The highest BCUT2D eigenvalue weighted by Gasteiger charge is 2.28. The Morgan fingerprint density at radius 1 is 1.20 bits per heavy atom. The highest BCUT2D eigenvalue weighted by Crippen LogP contribution is 2.18. The van der Waals surface area contributed by atoms with Crippen molar-refractivity contribution in [3.8, 4) is 5.69 Å². The molecule has 0 saturated carbocycles. The van der Waals surface area contributed by atoms with Gasteiger partial charge in [0.05, 0.1) is 18.0 Å². The van der Waals surface area contributed by atoms with Crippen LogP contribution >= 0.6 is 0 Å². The van der Waals surface area contributed by atoms with Gasteiger partial charge in [-0.3, -0.25) is 9.59 Å². The molecule has 1 aliphatic heterocycles. The topological polar surface area (TPSA) is 96.2 Å². The molecular formula is C21H31N7O2. The van der Waals surface area contributed by atoms with Crippen molar-refractivity contribution in [3.05, 3.63) is 35.7 Å². The molecule has 1 aromatic carbocycles. The van der Waals surface area contributed by atoms with Gasteiger partial charge in [-0.25, -0.2) is 0 Å². The Morgan fingerprint density at radius 3 is 2.57 bits per heavy atom. The summed E-state index contributed by atoms with van der Waals surface area (Å²) in [6.07, 6.45) is 1.91. The van der Waals surface area contributed by atoms with Gasteiger partial charge in [-0.05, 0) is 61.9 Å². The van der Waals surface area contributed by atoms with E-state index in [0.29, 0.717) is 18.8 Å². The number of benzene rings is 1. The lowest BCUT2D eigenvalue weighted by molar-refractivity contribution is -0.134. The zero-order chi connectivity index (χ0) is 21.7. The monoisotopic (exact) mass is 413 g/mol. The highest BCUT2D eigenvalue weighted by molar-refractivity contribution is 5.79. The number of carbonyl (C=O) groups excluding carboxylic acids is 2. The van der Waals surface area contributed by atoms with Crippen LogP contribution in [0.2, 0.25) is 0 Å². The number of rotatable bonds is 6. The van der Waals surface area contributed by atoms with Crippen LogP contribution in [0.3, 0.4) is 0 Å². The molecule has 1 fully saturated rings. The zero-order valence-corrected chi connectivity index (χ0v) is 18.2. The van der Waals surface area contributed by atoms with E-state index in [4.69, 9.17) is 0 Å². The first-order chi connectivity index (χ1) is 14.4. The van der Waals surface area contributed by atoms with Crippen LogP contribution in [0.25, 0.3) is 5.69 Å². The van der Waals surface area contributed by atoms with Gasteiger partial charge in [0.2, 0.25) is 11.8 Å². The maximum Gasteiger partial charge on any atom is 0.226 e. The van der Waals surface area contributed by atoms with E-state index in [1.165, 1.54) is 0 Å². The first kappa shape index (κ1) is 21.9. The minimum absolute atomic E-state index is 0.00444. The smallest absolute Gasteiger partial charge is 0.226 e. The Balaban J connectivity index is 1.54. The lowest BCUT2D eigenvalue weighted by Gasteiger charge is -2.24. The van der Waals surface area contributed by atoms with Gasteiger partial charge in [-0.2, -0.15) is 4.68 Å². The molecule has 2 atom stereocenters. The van der Waals surface area contributed by atoms with Crippen LogP contribution in [0.4, 0.5) is 0 Å². The number of tetrazole rings is 1. The lowest BCUT2D eigenvalue weighted by atomic mass is 10.00. The van der Waals surface area contributed by atoms with E-state index in [-0.39, 0.29) is 23.8 Å². The average molecular weight is 414 g/mol. The van der Waals surface area contributed by atoms with E-state index in [1.807, 2.05) is 52.2 Å². The molecule has 9 heteroatoms. The van der Waals surface area contributed by atoms with Crippen molar-refractivity contribution < 1.29 is 9.59 Å². The van der Waals surface area contributed by atoms with Gasteiger partial charge < -0.3 is 15.1 Å². The Bertz CT molecular complexity index is 864. The van der Waals surface area contributed by atoms with Gasteiger partial charge in [-0.15, -0.1) is 5.10 Å². The van der Waals surface area contributed by atoms with Crippen LogP contribution in [0.15, 0.2) is 24.3 Å². The van der Waals surface area contributed by atoms with Crippen LogP contribution in [-0.2, 0) is 16.0 Å². The third-order valence-corrected chi connectivity index (χ3v) is 5.66. The molecule has 9 nitrogen and oxygen atoms in total. The number of nitrogens with zero attached hydrogens (tertiary/aromatic N) is 6. The minimum Gasteiger partial charge on any atom is -0.352 e. The first-order valence-electron chi connectivity index (χ1n) is 10.4. The van der Waals surface area contributed by atoms with E-state index < -0.39 is 0 Å². The summed E-state index contributed by atoms with van der Waals surface area (Å²) in [7, 11) is 3.86. The molecule has 0 radical (unpaired) electrons. The van der Waals surface area contributed by atoms with E-state index in [9.17, 15) is 9.59 Å². The Labute approximate surface area is 177 Å². The summed E-state index contributed by atoms with van der Waals surface area (Å²) in [6, 6.07) is 7.71. The third-order valence-electron chi connectivity index (χ3n) is 5.66. The van der Waals surface area contributed by atoms with E-state index >= 15 is 0 Å². The molecule has 0 bridgehead atoms. The molecule has 2 amide bonds. The fraction of sp³-hybridized carbons (Fsp3) is 0.571. The predicted molar refractivity (Wildman–Crippen MR) is 113 cm³/mol. The number of aryl methyl sites for hydroxylation is 1. The Kier molecular flexibility index (Phi) is 7.15. The molecule has 0 aliphatic carbocycles. The zero-order valence-electron chi connectivity index (χ0n) is 18.2. The third kappa shape index (κ3) is 5.41. The van der Waals surface area contributed by atoms with Gasteiger partial charge in [0, 0.05) is 32.7 Å². The van der Waals surface area contributed by atoms with E-state index in [2.05, 4.69) is 25.7 Å². The molecule has 2 aromatic rings. The second-order valence-electron chi connectivity index (χ2n) is 8.09. The molecule has 3 rings (SSSR count). The number of aromatic nitrogens is 4. The van der Waals surface area contributed by atoms with Crippen molar-refractivity contribution in [2.24, 2.45) is 5.92 Å². The highest BCUT2D eigenvalue weighted by atomic mass is 16.2. The number of likely N-dealkylation sites (N-methyl/N-ethyl adjacent to an activating group) is 1. The molecule has 162 valence electrons. The van der Waals surface area contributed by atoms with Gasteiger partial charge >= 0.3 is 0 Å². The quantitative estimate of drug-likeness (QED) is 0.753. The van der Waals surface area contributed by atoms with Crippen LogP contribution < -0.4 is 5.32 Å². The maximum absolute atomic E-state index is 12.6. The van der Waals surface area contributed by atoms with Crippen molar-refractivity contribution in [2.75, 3.05) is 33.7 Å². The number of carbonyl (C=O) groups is 2. The summed E-state index contributed by atoms with van der Waals surface area (Å²) in [6.45, 7) is 6.02. The van der Waals surface area contributed by atoms with Crippen molar-refractivity contribution in [3.63, 3.8) is 0 Å². The molecule has 0 spiro atoms. The average Bonchev–Trinajstić information content (AvgIpc) is 3.06. The molecule has 2 heterocycles. The van der Waals surface area contributed by atoms with E-state index in [0.717, 1.165) is 37.2 Å². The molecule has 1 aromatic heterocycles. The lowest BCUT2D eigenvalue weighted by Crippen LogP contribution is -2.42. The minimum atomic E-state index is -0.0101. The number of likely N-dealkylation sites (tertiary alicyclic amines) is 1. The molecule has 0 unspecified atom stereocenters.